The zero-order valence-electron chi connectivity index (χ0n) is 20.3. The molecule has 8 nitrogen and oxygen atoms in total. The van der Waals surface area contributed by atoms with Gasteiger partial charge in [0.15, 0.2) is 5.69 Å². The Hall–Kier alpha value is -2.74. The SMILES string of the molecule is COC(=O)/C(=N\O)c1nc2ccccc2n([C@@H]2C[C@@H]3CCC[C@H]2N3C2CC3CCCC(C3)C2)c1=O. The first-order valence-corrected chi connectivity index (χ1v) is 13.2. The standard InChI is InChI=1S/C27H34N4O4/c1-35-27(33)25(29-34)24-26(32)31(21-10-3-2-9-20(21)28-24)23-15-18-8-5-11-22(23)30(18)19-13-16-6-4-7-17(12-16)14-19/h2-3,9-10,16-19,22-23,34H,4-8,11-15H2,1H3/b29-25-/t16?,17?,18-,19?,22+,23+/m0/s1. The van der Waals surface area contributed by atoms with Crippen molar-refractivity contribution in [2.75, 3.05) is 7.11 Å². The van der Waals surface area contributed by atoms with E-state index >= 15 is 0 Å². The van der Waals surface area contributed by atoms with Gasteiger partial charge in [0.25, 0.3) is 5.56 Å². The molecular weight excluding hydrogens is 444 g/mol. The van der Waals surface area contributed by atoms with Gasteiger partial charge in [0.05, 0.1) is 24.2 Å². The maximum Gasteiger partial charge on any atom is 0.362 e. The Labute approximate surface area is 205 Å². The van der Waals surface area contributed by atoms with Crippen LogP contribution in [-0.2, 0) is 9.53 Å². The smallest absolute Gasteiger partial charge is 0.362 e. The number of fused-ring (bicyclic) bond motifs is 5. The summed E-state index contributed by atoms with van der Waals surface area (Å²) in [6.07, 6.45) is 12.5. The number of hydrogen-bond acceptors (Lipinski definition) is 7. The summed E-state index contributed by atoms with van der Waals surface area (Å²) in [6, 6.07) is 8.93. The van der Waals surface area contributed by atoms with Crippen LogP contribution in [0.4, 0.5) is 0 Å². The van der Waals surface area contributed by atoms with E-state index in [0.29, 0.717) is 23.6 Å². The van der Waals surface area contributed by atoms with Crippen LogP contribution in [0.3, 0.4) is 0 Å². The van der Waals surface area contributed by atoms with Crippen molar-refractivity contribution in [1.82, 2.24) is 14.5 Å². The lowest BCUT2D eigenvalue weighted by Gasteiger charge is -2.48. The van der Waals surface area contributed by atoms with Gasteiger partial charge >= 0.3 is 5.97 Å². The first-order valence-electron chi connectivity index (χ1n) is 13.2. The summed E-state index contributed by atoms with van der Waals surface area (Å²) in [5.74, 6) is 0.831. The van der Waals surface area contributed by atoms with E-state index in [9.17, 15) is 14.8 Å². The number of ether oxygens (including phenoxy) is 1. The number of nitrogens with zero attached hydrogens (tertiary/aromatic N) is 4. The van der Waals surface area contributed by atoms with Crippen LogP contribution in [0.1, 0.15) is 75.9 Å². The van der Waals surface area contributed by atoms with Crippen LogP contribution in [0.25, 0.3) is 11.0 Å². The molecule has 186 valence electrons. The van der Waals surface area contributed by atoms with Crippen molar-refractivity contribution in [2.24, 2.45) is 17.0 Å². The predicted octanol–water partition coefficient (Wildman–Crippen LogP) is 3.88. The molecule has 3 heterocycles. The van der Waals surface area contributed by atoms with Gasteiger partial charge < -0.3 is 14.5 Å². The Morgan fingerprint density at radius 3 is 2.49 bits per heavy atom. The van der Waals surface area contributed by atoms with Crippen LogP contribution in [0.2, 0.25) is 0 Å². The Morgan fingerprint density at radius 1 is 1.00 bits per heavy atom. The van der Waals surface area contributed by atoms with Crippen molar-refractivity contribution in [3.8, 4) is 0 Å². The third kappa shape index (κ3) is 3.77. The van der Waals surface area contributed by atoms with E-state index in [2.05, 4.69) is 15.0 Å². The van der Waals surface area contributed by atoms with Gasteiger partial charge in [-0.1, -0.05) is 43.0 Å². The molecule has 4 fully saturated rings. The average molecular weight is 479 g/mol. The molecule has 1 aromatic carbocycles. The molecule has 2 unspecified atom stereocenters. The Bertz CT molecular complexity index is 1210. The van der Waals surface area contributed by atoms with E-state index in [1.807, 2.05) is 28.8 Å². The molecule has 2 saturated heterocycles. The molecule has 1 aromatic heterocycles. The normalized spacial score (nSPS) is 33.1. The molecular formula is C27H34N4O4. The summed E-state index contributed by atoms with van der Waals surface area (Å²) < 4.78 is 6.61. The molecule has 0 amide bonds. The lowest BCUT2D eigenvalue weighted by atomic mass is 9.69. The first-order chi connectivity index (χ1) is 17.1. The third-order valence-electron chi connectivity index (χ3n) is 9.15. The fourth-order valence-electron chi connectivity index (χ4n) is 7.90. The van der Waals surface area contributed by atoms with Crippen molar-refractivity contribution in [1.29, 1.82) is 0 Å². The molecule has 2 aliphatic heterocycles. The average Bonchev–Trinajstić information content (AvgIpc) is 3.09. The maximum absolute atomic E-state index is 13.9. The van der Waals surface area contributed by atoms with E-state index in [0.717, 1.165) is 30.2 Å². The summed E-state index contributed by atoms with van der Waals surface area (Å²) >= 11 is 0. The number of aromatic nitrogens is 2. The minimum atomic E-state index is -0.875. The number of para-hydroxylation sites is 2. The highest BCUT2D eigenvalue weighted by Gasteiger charge is 2.49. The highest BCUT2D eigenvalue weighted by atomic mass is 16.5. The van der Waals surface area contributed by atoms with Gasteiger partial charge in [-0.05, 0) is 62.5 Å². The van der Waals surface area contributed by atoms with Crippen molar-refractivity contribution in [2.45, 2.75) is 88.4 Å². The highest BCUT2D eigenvalue weighted by Crippen LogP contribution is 2.49. The third-order valence-corrected chi connectivity index (χ3v) is 9.15. The van der Waals surface area contributed by atoms with Crippen LogP contribution in [-0.4, -0.2) is 56.6 Å². The van der Waals surface area contributed by atoms with Gasteiger partial charge in [-0.15, -0.1) is 0 Å². The number of piperidine rings is 1. The molecule has 0 spiro atoms. The lowest BCUT2D eigenvalue weighted by Crippen LogP contribution is -2.51. The summed E-state index contributed by atoms with van der Waals surface area (Å²) in [5, 5.41) is 12.7. The Morgan fingerprint density at radius 2 is 1.74 bits per heavy atom. The minimum Gasteiger partial charge on any atom is -0.464 e. The zero-order chi connectivity index (χ0) is 24.1. The van der Waals surface area contributed by atoms with Crippen LogP contribution in [0.5, 0.6) is 0 Å². The number of carbonyl (C=O) groups is 1. The molecule has 2 aliphatic carbocycles. The number of methoxy groups -OCH3 is 1. The van der Waals surface area contributed by atoms with Gasteiger partial charge in [0.2, 0.25) is 5.71 Å². The number of esters is 1. The van der Waals surface area contributed by atoms with Crippen molar-refractivity contribution in [3.63, 3.8) is 0 Å². The second kappa shape index (κ2) is 9.04. The number of oxime groups is 1. The van der Waals surface area contributed by atoms with Crippen molar-refractivity contribution in [3.05, 3.63) is 40.3 Å². The molecule has 8 heteroatoms. The second-order valence-corrected chi connectivity index (χ2v) is 11.0. The van der Waals surface area contributed by atoms with E-state index in [1.165, 1.54) is 58.5 Å². The molecule has 6 rings (SSSR count). The summed E-state index contributed by atoms with van der Waals surface area (Å²) in [5.41, 5.74) is 0.377. The van der Waals surface area contributed by atoms with Gasteiger partial charge in [-0.2, -0.15) is 0 Å². The van der Waals surface area contributed by atoms with Gasteiger partial charge in [-0.25, -0.2) is 9.78 Å². The van der Waals surface area contributed by atoms with E-state index in [1.54, 1.807) is 0 Å². The maximum atomic E-state index is 13.9. The fraction of sp³-hybridized carbons (Fsp3) is 0.630. The van der Waals surface area contributed by atoms with Crippen molar-refractivity contribution >= 4 is 22.7 Å². The molecule has 0 radical (unpaired) electrons. The van der Waals surface area contributed by atoms with E-state index in [4.69, 9.17) is 4.74 Å². The molecule has 5 atom stereocenters. The molecule has 4 bridgehead atoms. The quantitative estimate of drug-likeness (QED) is 0.310. The lowest BCUT2D eigenvalue weighted by molar-refractivity contribution is -0.132. The van der Waals surface area contributed by atoms with Crippen LogP contribution in [0.15, 0.2) is 34.2 Å². The van der Waals surface area contributed by atoms with Gasteiger partial charge in [-0.3, -0.25) is 9.69 Å². The molecule has 1 N–H and O–H groups in total. The van der Waals surface area contributed by atoms with Crippen LogP contribution in [0, 0.1) is 11.8 Å². The Balaban J connectivity index is 1.44. The summed E-state index contributed by atoms with van der Waals surface area (Å²) in [7, 11) is 1.20. The first kappa shape index (κ1) is 22.7. The highest BCUT2D eigenvalue weighted by molar-refractivity contribution is 6.42. The van der Waals surface area contributed by atoms with E-state index in [-0.39, 0.29) is 17.3 Å². The van der Waals surface area contributed by atoms with Crippen molar-refractivity contribution < 1.29 is 14.7 Å². The molecule has 2 saturated carbocycles. The number of rotatable bonds is 4. The topological polar surface area (TPSA) is 97.0 Å². The van der Waals surface area contributed by atoms with Crippen LogP contribution < -0.4 is 5.56 Å². The second-order valence-electron chi connectivity index (χ2n) is 11.0. The van der Waals surface area contributed by atoms with Gasteiger partial charge in [0, 0.05) is 18.1 Å². The Kier molecular flexibility index (Phi) is 5.87. The number of benzene rings is 1. The summed E-state index contributed by atoms with van der Waals surface area (Å²) in [4.78, 5) is 33.4. The van der Waals surface area contributed by atoms with Crippen LogP contribution >= 0.6 is 0 Å². The fourth-order valence-corrected chi connectivity index (χ4v) is 7.90. The number of carbonyl (C=O) groups excluding carboxylic acids is 1. The molecule has 4 aliphatic rings. The largest absolute Gasteiger partial charge is 0.464 e. The minimum absolute atomic E-state index is 0.000932. The molecule has 35 heavy (non-hydrogen) atoms. The number of hydrogen-bond donors (Lipinski definition) is 1. The van der Waals surface area contributed by atoms with E-state index < -0.39 is 11.7 Å². The summed E-state index contributed by atoms with van der Waals surface area (Å²) in [6.45, 7) is 0. The monoisotopic (exact) mass is 478 g/mol. The molecule has 2 aromatic rings. The van der Waals surface area contributed by atoms with Gasteiger partial charge in [0.1, 0.15) is 0 Å². The zero-order valence-corrected chi connectivity index (χ0v) is 20.3. The predicted molar refractivity (Wildman–Crippen MR) is 132 cm³/mol.